The maximum absolute atomic E-state index is 4.56. The summed E-state index contributed by atoms with van der Waals surface area (Å²) in [7, 11) is 0. The summed E-state index contributed by atoms with van der Waals surface area (Å²) in [5.41, 5.74) is 2.21. The fourth-order valence-corrected chi connectivity index (χ4v) is 2.86. The molecule has 0 amide bonds. The van der Waals surface area contributed by atoms with E-state index in [0.717, 1.165) is 31.1 Å². The Morgan fingerprint density at radius 2 is 1.83 bits per heavy atom. The van der Waals surface area contributed by atoms with Crippen molar-refractivity contribution in [2.75, 3.05) is 36.8 Å². The lowest BCUT2D eigenvalue weighted by molar-refractivity contribution is 0.352. The van der Waals surface area contributed by atoms with Gasteiger partial charge in [0, 0.05) is 31.4 Å². The van der Waals surface area contributed by atoms with E-state index in [1.807, 2.05) is 31.2 Å². The Morgan fingerprint density at radius 1 is 1.04 bits per heavy atom. The van der Waals surface area contributed by atoms with Gasteiger partial charge in [0.1, 0.15) is 5.82 Å². The molecule has 1 fully saturated rings. The number of likely N-dealkylation sites (tertiary alicyclic amines) is 1. The number of aryl methyl sites for hydroxylation is 1. The first-order chi connectivity index (χ1) is 11.3. The molecule has 0 aliphatic carbocycles. The lowest BCUT2D eigenvalue weighted by Crippen LogP contribution is -2.26. The number of nitrogens with one attached hydrogen (secondary N) is 2. The van der Waals surface area contributed by atoms with E-state index >= 15 is 0 Å². The fourth-order valence-electron chi connectivity index (χ4n) is 2.86. The zero-order valence-corrected chi connectivity index (χ0v) is 13.8. The first kappa shape index (κ1) is 15.7. The van der Waals surface area contributed by atoms with Crippen LogP contribution in [-0.4, -0.2) is 41.0 Å². The molecule has 1 aliphatic rings. The highest BCUT2D eigenvalue weighted by Gasteiger charge is 2.10. The Bertz CT molecular complexity index is 608. The van der Waals surface area contributed by atoms with Crippen LogP contribution in [0.4, 0.5) is 11.8 Å². The summed E-state index contributed by atoms with van der Waals surface area (Å²) in [4.78, 5) is 11.5. The molecule has 1 saturated heterocycles. The van der Waals surface area contributed by atoms with Gasteiger partial charge in [-0.2, -0.15) is 4.98 Å². The van der Waals surface area contributed by atoms with Gasteiger partial charge in [-0.05, 0) is 38.4 Å². The third-order valence-corrected chi connectivity index (χ3v) is 4.08. The predicted molar refractivity (Wildman–Crippen MR) is 94.7 cm³/mol. The van der Waals surface area contributed by atoms with Crippen LogP contribution in [0, 0.1) is 6.92 Å². The molecule has 0 saturated carbocycles. The average Bonchev–Trinajstić information content (AvgIpc) is 3.07. The Morgan fingerprint density at radius 3 is 2.61 bits per heavy atom. The first-order valence-electron chi connectivity index (χ1n) is 8.39. The van der Waals surface area contributed by atoms with Crippen molar-refractivity contribution in [1.82, 2.24) is 14.9 Å². The molecule has 23 heavy (non-hydrogen) atoms. The minimum absolute atomic E-state index is 0.708. The van der Waals surface area contributed by atoms with Gasteiger partial charge in [0.05, 0.1) is 0 Å². The van der Waals surface area contributed by atoms with Crippen molar-refractivity contribution in [3.8, 4) is 0 Å². The molecule has 3 rings (SSSR count). The van der Waals surface area contributed by atoms with E-state index in [0.29, 0.717) is 5.95 Å². The van der Waals surface area contributed by atoms with Crippen LogP contribution in [-0.2, 0) is 6.54 Å². The molecule has 2 aromatic rings. The Balaban J connectivity index is 1.53. The third-order valence-electron chi connectivity index (χ3n) is 4.08. The predicted octanol–water partition coefficient (Wildman–Crippen LogP) is 2.90. The molecule has 2 heterocycles. The molecule has 0 atom stereocenters. The number of anilines is 2. The third kappa shape index (κ3) is 4.93. The molecule has 5 nitrogen and oxygen atoms in total. The fraction of sp³-hybridized carbons (Fsp3) is 0.444. The molecule has 1 aliphatic heterocycles. The summed E-state index contributed by atoms with van der Waals surface area (Å²) >= 11 is 0. The van der Waals surface area contributed by atoms with E-state index < -0.39 is 0 Å². The van der Waals surface area contributed by atoms with Gasteiger partial charge >= 0.3 is 0 Å². The number of nitrogens with zero attached hydrogens (tertiary/aromatic N) is 3. The maximum atomic E-state index is 4.56. The molecular formula is C18H25N5. The molecule has 1 aromatic heterocycles. The van der Waals surface area contributed by atoms with E-state index in [1.54, 1.807) is 0 Å². The summed E-state index contributed by atoms with van der Waals surface area (Å²) in [6, 6.07) is 12.3. The average molecular weight is 311 g/mol. The van der Waals surface area contributed by atoms with Crippen LogP contribution in [0.1, 0.15) is 24.1 Å². The molecule has 0 bridgehead atoms. The highest BCUT2D eigenvalue weighted by Crippen LogP contribution is 2.12. The van der Waals surface area contributed by atoms with E-state index in [-0.39, 0.29) is 0 Å². The second kappa shape index (κ2) is 7.92. The maximum Gasteiger partial charge on any atom is 0.224 e. The van der Waals surface area contributed by atoms with Crippen molar-refractivity contribution < 1.29 is 0 Å². The minimum atomic E-state index is 0.708. The van der Waals surface area contributed by atoms with E-state index in [4.69, 9.17) is 0 Å². The van der Waals surface area contributed by atoms with Gasteiger partial charge in [0.2, 0.25) is 5.95 Å². The standard InChI is InChI=1S/C18H25N5/c1-15-13-17(20-14-16-7-3-2-4-8-16)22-18(21-15)19-9-12-23-10-5-6-11-23/h2-4,7-8,13H,5-6,9-12,14H2,1H3,(H2,19,20,21,22). The summed E-state index contributed by atoms with van der Waals surface area (Å²) < 4.78 is 0. The van der Waals surface area contributed by atoms with Gasteiger partial charge in [-0.1, -0.05) is 30.3 Å². The summed E-state index contributed by atoms with van der Waals surface area (Å²) in [6.45, 7) is 7.16. The van der Waals surface area contributed by atoms with Gasteiger partial charge in [0.25, 0.3) is 0 Å². The lowest BCUT2D eigenvalue weighted by atomic mass is 10.2. The SMILES string of the molecule is Cc1cc(NCc2ccccc2)nc(NCCN2CCCC2)n1. The van der Waals surface area contributed by atoms with Crippen LogP contribution in [0.3, 0.4) is 0 Å². The molecule has 0 spiro atoms. The van der Waals surface area contributed by atoms with Crippen molar-refractivity contribution in [3.05, 3.63) is 47.7 Å². The second-order valence-corrected chi connectivity index (χ2v) is 6.03. The van der Waals surface area contributed by atoms with E-state index in [2.05, 4.69) is 37.6 Å². The van der Waals surface area contributed by atoms with Crippen LogP contribution >= 0.6 is 0 Å². The van der Waals surface area contributed by atoms with Crippen LogP contribution in [0.25, 0.3) is 0 Å². The highest BCUT2D eigenvalue weighted by atomic mass is 15.2. The molecular weight excluding hydrogens is 286 g/mol. The number of aromatic nitrogens is 2. The van der Waals surface area contributed by atoms with Crippen molar-refractivity contribution in [2.45, 2.75) is 26.3 Å². The van der Waals surface area contributed by atoms with Gasteiger partial charge in [-0.25, -0.2) is 4.98 Å². The van der Waals surface area contributed by atoms with E-state index in [9.17, 15) is 0 Å². The Kier molecular flexibility index (Phi) is 5.42. The molecule has 5 heteroatoms. The summed E-state index contributed by atoms with van der Waals surface area (Å²) in [6.07, 6.45) is 2.66. The molecule has 2 N–H and O–H groups in total. The molecule has 0 radical (unpaired) electrons. The molecule has 1 aromatic carbocycles. The molecule has 0 unspecified atom stereocenters. The normalized spacial score (nSPS) is 14.8. The van der Waals surface area contributed by atoms with E-state index in [1.165, 1.54) is 31.5 Å². The first-order valence-corrected chi connectivity index (χ1v) is 8.39. The van der Waals surface area contributed by atoms with Gasteiger partial charge in [-0.15, -0.1) is 0 Å². The van der Waals surface area contributed by atoms with Crippen LogP contribution in [0.2, 0.25) is 0 Å². The zero-order valence-electron chi connectivity index (χ0n) is 13.8. The van der Waals surface area contributed by atoms with Crippen molar-refractivity contribution >= 4 is 11.8 Å². The Hall–Kier alpha value is -2.14. The second-order valence-electron chi connectivity index (χ2n) is 6.03. The van der Waals surface area contributed by atoms with Gasteiger partial charge < -0.3 is 15.5 Å². The van der Waals surface area contributed by atoms with Crippen LogP contribution < -0.4 is 10.6 Å². The summed E-state index contributed by atoms with van der Waals surface area (Å²) in [5.74, 6) is 1.57. The summed E-state index contributed by atoms with van der Waals surface area (Å²) in [5, 5.41) is 6.72. The van der Waals surface area contributed by atoms with Gasteiger partial charge in [0.15, 0.2) is 0 Å². The highest BCUT2D eigenvalue weighted by molar-refractivity contribution is 5.42. The Labute approximate surface area is 138 Å². The minimum Gasteiger partial charge on any atom is -0.366 e. The number of rotatable bonds is 7. The van der Waals surface area contributed by atoms with Crippen molar-refractivity contribution in [1.29, 1.82) is 0 Å². The van der Waals surface area contributed by atoms with Crippen LogP contribution in [0.5, 0.6) is 0 Å². The zero-order chi connectivity index (χ0) is 15.9. The topological polar surface area (TPSA) is 53.1 Å². The number of benzene rings is 1. The van der Waals surface area contributed by atoms with Gasteiger partial charge in [-0.3, -0.25) is 0 Å². The number of hydrogen-bond acceptors (Lipinski definition) is 5. The number of hydrogen-bond donors (Lipinski definition) is 2. The lowest BCUT2D eigenvalue weighted by Gasteiger charge is -2.15. The largest absolute Gasteiger partial charge is 0.366 e. The molecule has 122 valence electrons. The smallest absolute Gasteiger partial charge is 0.224 e. The van der Waals surface area contributed by atoms with Crippen molar-refractivity contribution in [3.63, 3.8) is 0 Å². The van der Waals surface area contributed by atoms with Crippen molar-refractivity contribution in [2.24, 2.45) is 0 Å². The quantitative estimate of drug-likeness (QED) is 0.823. The monoisotopic (exact) mass is 311 g/mol. The van der Waals surface area contributed by atoms with Crippen LogP contribution in [0.15, 0.2) is 36.4 Å².